The molecule has 1 saturated heterocycles. The van der Waals surface area contributed by atoms with Crippen LogP contribution in [0.15, 0.2) is 22.7 Å². The highest BCUT2D eigenvalue weighted by Gasteiger charge is 2.30. The van der Waals surface area contributed by atoms with E-state index >= 15 is 0 Å². The lowest BCUT2D eigenvalue weighted by molar-refractivity contribution is 0.0773. The van der Waals surface area contributed by atoms with Crippen LogP contribution in [0.1, 0.15) is 10.4 Å². The average Bonchev–Trinajstić information content (AvgIpc) is 3.07. The van der Waals surface area contributed by atoms with Gasteiger partial charge in [0.2, 0.25) is 0 Å². The van der Waals surface area contributed by atoms with Gasteiger partial charge in [-0.05, 0) is 18.2 Å². The Kier molecular flexibility index (Phi) is 5.17. The van der Waals surface area contributed by atoms with Gasteiger partial charge in [-0.1, -0.05) is 5.16 Å². The second-order valence-electron chi connectivity index (χ2n) is 5.86. The molecule has 0 spiro atoms. The van der Waals surface area contributed by atoms with Crippen LogP contribution in [0.5, 0.6) is 5.75 Å². The first-order chi connectivity index (χ1) is 12.0. The second-order valence-corrected chi connectivity index (χ2v) is 7.08. The zero-order chi connectivity index (χ0) is 18.0. The Morgan fingerprint density at radius 1 is 1.36 bits per heavy atom. The number of rotatable bonds is 4. The number of carbonyl (C=O) groups excluding carboxylic acids is 1. The minimum absolute atomic E-state index is 0.0908. The zero-order valence-corrected chi connectivity index (χ0v) is 15.2. The van der Waals surface area contributed by atoms with Crippen LogP contribution >= 0.6 is 11.8 Å². The summed E-state index contributed by atoms with van der Waals surface area (Å²) in [5.74, 6) is 2.10. The fourth-order valence-electron chi connectivity index (χ4n) is 2.70. The third-order valence-electron chi connectivity index (χ3n) is 4.02. The van der Waals surface area contributed by atoms with E-state index < -0.39 is 5.82 Å². The molecule has 134 valence electrons. The van der Waals surface area contributed by atoms with Crippen molar-refractivity contribution in [2.24, 2.45) is 0 Å². The van der Waals surface area contributed by atoms with Crippen LogP contribution in [0.4, 0.5) is 10.2 Å². The number of halogens is 1. The van der Waals surface area contributed by atoms with E-state index in [1.54, 1.807) is 30.0 Å². The average molecular weight is 365 g/mol. The number of nitrogens with zero attached hydrogens (tertiary/aromatic N) is 3. The van der Waals surface area contributed by atoms with Gasteiger partial charge in [0.25, 0.3) is 5.91 Å². The van der Waals surface area contributed by atoms with E-state index in [4.69, 9.17) is 9.26 Å². The zero-order valence-electron chi connectivity index (χ0n) is 14.4. The van der Waals surface area contributed by atoms with Crippen molar-refractivity contribution in [1.29, 1.82) is 0 Å². The number of thioether (sulfide) groups is 1. The van der Waals surface area contributed by atoms with E-state index in [1.165, 1.54) is 19.2 Å². The van der Waals surface area contributed by atoms with Crippen LogP contribution in [-0.4, -0.2) is 61.8 Å². The molecule has 0 bridgehead atoms. The maximum absolute atomic E-state index is 13.7. The van der Waals surface area contributed by atoms with Crippen molar-refractivity contribution in [1.82, 2.24) is 10.1 Å². The molecule has 0 unspecified atom stereocenters. The molecular formula is C17H20FN3O3S. The predicted octanol–water partition coefficient (Wildman–Crippen LogP) is 2.74. The molecule has 2 heterocycles. The summed E-state index contributed by atoms with van der Waals surface area (Å²) in [6.45, 7) is 1.38. The minimum Gasteiger partial charge on any atom is -0.494 e. The lowest BCUT2D eigenvalue weighted by atomic mass is 10.1. The Balaban J connectivity index is 2.07. The van der Waals surface area contributed by atoms with Crippen molar-refractivity contribution >= 4 is 23.5 Å². The van der Waals surface area contributed by atoms with E-state index in [1.807, 2.05) is 11.8 Å². The Hall–Kier alpha value is -2.22. The van der Waals surface area contributed by atoms with E-state index in [9.17, 15) is 9.18 Å². The first-order valence-corrected chi connectivity index (χ1v) is 9.06. The molecule has 1 aliphatic rings. The fraction of sp³-hybridized carbons (Fsp3) is 0.412. The van der Waals surface area contributed by atoms with Gasteiger partial charge >= 0.3 is 0 Å². The highest BCUT2D eigenvalue weighted by atomic mass is 32.2. The largest absolute Gasteiger partial charge is 0.494 e. The molecule has 1 amide bonds. The Labute approximate surface area is 149 Å². The molecule has 6 nitrogen and oxygen atoms in total. The predicted molar refractivity (Wildman–Crippen MR) is 96.0 cm³/mol. The monoisotopic (exact) mass is 365 g/mol. The van der Waals surface area contributed by atoms with Gasteiger partial charge in [0, 0.05) is 44.3 Å². The number of hydrogen-bond acceptors (Lipinski definition) is 6. The Bertz CT molecular complexity index is 772. The number of aromatic nitrogens is 1. The minimum atomic E-state index is -0.473. The van der Waals surface area contributed by atoms with Crippen LogP contribution in [-0.2, 0) is 0 Å². The van der Waals surface area contributed by atoms with Crippen molar-refractivity contribution in [3.63, 3.8) is 0 Å². The van der Waals surface area contributed by atoms with Crippen LogP contribution in [0.2, 0.25) is 0 Å². The molecule has 1 aromatic carbocycles. The van der Waals surface area contributed by atoms with Crippen molar-refractivity contribution in [3.8, 4) is 17.1 Å². The molecule has 0 saturated carbocycles. The number of carbonyl (C=O) groups is 1. The summed E-state index contributed by atoms with van der Waals surface area (Å²) in [4.78, 5) is 16.6. The van der Waals surface area contributed by atoms with E-state index in [2.05, 4.69) is 5.16 Å². The molecule has 2 aromatic rings. The second kappa shape index (κ2) is 7.35. The number of methoxy groups -OCH3 is 1. The molecule has 0 radical (unpaired) electrons. The lowest BCUT2D eigenvalue weighted by Gasteiger charge is -2.26. The van der Waals surface area contributed by atoms with Gasteiger partial charge in [-0.2, -0.15) is 11.8 Å². The molecule has 8 heteroatoms. The van der Waals surface area contributed by atoms with E-state index in [-0.39, 0.29) is 11.7 Å². The maximum atomic E-state index is 13.7. The summed E-state index contributed by atoms with van der Waals surface area (Å²) in [6, 6.07) is 4.36. The van der Waals surface area contributed by atoms with Crippen molar-refractivity contribution < 1.29 is 18.4 Å². The van der Waals surface area contributed by atoms with Gasteiger partial charge in [-0.3, -0.25) is 4.79 Å². The topological polar surface area (TPSA) is 58.8 Å². The standard InChI is InChI=1S/C17H20FN3O3S/c1-20(2)16-14(17(22)21-6-8-25-9-7-21)15(24-19-16)11-4-5-12(18)13(10-11)23-3/h4-5,10H,6-9H2,1-3H3. The molecule has 0 aliphatic carbocycles. The quantitative estimate of drug-likeness (QED) is 0.830. The summed E-state index contributed by atoms with van der Waals surface area (Å²) >= 11 is 1.83. The lowest BCUT2D eigenvalue weighted by Crippen LogP contribution is -2.38. The smallest absolute Gasteiger partial charge is 0.261 e. The number of amides is 1. The van der Waals surface area contributed by atoms with Crippen molar-refractivity contribution in [2.75, 3.05) is 50.7 Å². The van der Waals surface area contributed by atoms with Crippen molar-refractivity contribution in [3.05, 3.63) is 29.6 Å². The number of anilines is 1. The molecule has 0 N–H and O–H groups in total. The molecule has 1 aromatic heterocycles. The maximum Gasteiger partial charge on any atom is 0.261 e. The summed E-state index contributed by atoms with van der Waals surface area (Å²) < 4.78 is 24.2. The van der Waals surface area contributed by atoms with Crippen LogP contribution < -0.4 is 9.64 Å². The number of ether oxygens (including phenoxy) is 1. The van der Waals surface area contributed by atoms with Gasteiger partial charge < -0.3 is 19.1 Å². The van der Waals surface area contributed by atoms with E-state index in [0.29, 0.717) is 35.8 Å². The molecule has 25 heavy (non-hydrogen) atoms. The molecule has 0 atom stereocenters. The van der Waals surface area contributed by atoms with Crippen LogP contribution in [0, 0.1) is 5.82 Å². The van der Waals surface area contributed by atoms with Gasteiger partial charge in [-0.15, -0.1) is 0 Å². The third-order valence-corrected chi connectivity index (χ3v) is 4.97. The highest BCUT2D eigenvalue weighted by molar-refractivity contribution is 7.99. The number of hydrogen-bond donors (Lipinski definition) is 0. The fourth-order valence-corrected chi connectivity index (χ4v) is 3.61. The van der Waals surface area contributed by atoms with Crippen molar-refractivity contribution in [2.45, 2.75) is 0 Å². The van der Waals surface area contributed by atoms with Gasteiger partial charge in [-0.25, -0.2) is 4.39 Å². The van der Waals surface area contributed by atoms with Crippen LogP contribution in [0.25, 0.3) is 11.3 Å². The Morgan fingerprint density at radius 3 is 2.72 bits per heavy atom. The third kappa shape index (κ3) is 3.44. The summed E-state index contributed by atoms with van der Waals surface area (Å²) in [7, 11) is 5.00. The van der Waals surface area contributed by atoms with Gasteiger partial charge in [0.1, 0.15) is 5.56 Å². The van der Waals surface area contributed by atoms with E-state index in [0.717, 1.165) is 11.5 Å². The highest BCUT2D eigenvalue weighted by Crippen LogP contribution is 2.34. The summed E-state index contributed by atoms with van der Waals surface area (Å²) in [6.07, 6.45) is 0. The molecule has 1 aliphatic heterocycles. The molecule has 1 fully saturated rings. The molecule has 3 rings (SSSR count). The first kappa shape index (κ1) is 17.6. The van der Waals surface area contributed by atoms with Gasteiger partial charge in [0.05, 0.1) is 7.11 Å². The Morgan fingerprint density at radius 2 is 2.08 bits per heavy atom. The SMILES string of the molecule is COc1cc(-c2onc(N(C)C)c2C(=O)N2CCSCC2)ccc1F. The summed E-state index contributed by atoms with van der Waals surface area (Å²) in [5, 5.41) is 4.05. The first-order valence-electron chi connectivity index (χ1n) is 7.91. The molecular weight excluding hydrogens is 345 g/mol. The van der Waals surface area contributed by atoms with Crippen LogP contribution in [0.3, 0.4) is 0 Å². The van der Waals surface area contributed by atoms with Gasteiger partial charge in [0.15, 0.2) is 23.1 Å². The number of benzene rings is 1. The normalized spacial score (nSPS) is 14.5. The summed E-state index contributed by atoms with van der Waals surface area (Å²) in [5.41, 5.74) is 0.944.